The molecule has 0 saturated heterocycles. The highest BCUT2D eigenvalue weighted by Crippen LogP contribution is 2.06. The quantitative estimate of drug-likeness (QED) is 0.797. The minimum Gasteiger partial charge on any atom is -0.463 e. The number of aromatic nitrogens is 2. The molecule has 17 heavy (non-hydrogen) atoms. The standard InChI is InChI=1S/C13H15N3O/c14-12-8-9-15-13(16-12)17-10-4-7-11-5-2-1-3-6-11/h1-3,5-6,8-9H,4,7,10H2,(H2,14,15,16). The van der Waals surface area contributed by atoms with Crippen molar-refractivity contribution in [2.45, 2.75) is 12.8 Å². The van der Waals surface area contributed by atoms with Crippen molar-refractivity contribution >= 4 is 5.82 Å². The Hall–Kier alpha value is -2.10. The van der Waals surface area contributed by atoms with E-state index in [9.17, 15) is 0 Å². The molecule has 4 heteroatoms. The first-order chi connectivity index (χ1) is 8.34. The molecule has 0 saturated carbocycles. The highest BCUT2D eigenvalue weighted by molar-refractivity contribution is 5.26. The maximum absolute atomic E-state index is 5.52. The largest absolute Gasteiger partial charge is 0.463 e. The Labute approximate surface area is 100 Å². The van der Waals surface area contributed by atoms with Crippen LogP contribution in [0.15, 0.2) is 42.6 Å². The van der Waals surface area contributed by atoms with Gasteiger partial charge in [0.05, 0.1) is 6.61 Å². The monoisotopic (exact) mass is 229 g/mol. The first-order valence-corrected chi connectivity index (χ1v) is 5.60. The molecule has 0 spiro atoms. The minimum absolute atomic E-state index is 0.345. The van der Waals surface area contributed by atoms with Crippen molar-refractivity contribution in [2.24, 2.45) is 0 Å². The number of aryl methyl sites for hydroxylation is 1. The van der Waals surface area contributed by atoms with E-state index in [1.54, 1.807) is 12.3 Å². The van der Waals surface area contributed by atoms with Crippen LogP contribution in [0.4, 0.5) is 5.82 Å². The molecule has 2 N–H and O–H groups in total. The molecule has 0 atom stereocenters. The average molecular weight is 229 g/mol. The van der Waals surface area contributed by atoms with Crippen LogP contribution in [-0.4, -0.2) is 16.6 Å². The van der Waals surface area contributed by atoms with Gasteiger partial charge < -0.3 is 10.5 Å². The lowest BCUT2D eigenvalue weighted by Gasteiger charge is -2.04. The molecule has 2 aromatic rings. The molecule has 0 aliphatic carbocycles. The molecule has 1 heterocycles. The Bertz CT molecular complexity index is 459. The van der Waals surface area contributed by atoms with Gasteiger partial charge in [0, 0.05) is 6.20 Å². The summed E-state index contributed by atoms with van der Waals surface area (Å²) < 4.78 is 5.41. The normalized spacial score (nSPS) is 10.1. The molecule has 88 valence electrons. The highest BCUT2D eigenvalue weighted by atomic mass is 16.5. The molecular formula is C13H15N3O. The molecule has 0 unspecified atom stereocenters. The maximum atomic E-state index is 5.52. The van der Waals surface area contributed by atoms with Crippen LogP contribution >= 0.6 is 0 Å². The van der Waals surface area contributed by atoms with Crippen molar-refractivity contribution in [2.75, 3.05) is 12.3 Å². The van der Waals surface area contributed by atoms with Gasteiger partial charge in [-0.15, -0.1) is 0 Å². The molecule has 0 fully saturated rings. The first kappa shape index (κ1) is 11.4. The van der Waals surface area contributed by atoms with Crippen LogP contribution in [0.5, 0.6) is 6.01 Å². The van der Waals surface area contributed by atoms with E-state index in [0.717, 1.165) is 12.8 Å². The molecule has 1 aromatic heterocycles. The predicted molar refractivity (Wildman–Crippen MR) is 66.7 cm³/mol. The van der Waals surface area contributed by atoms with E-state index >= 15 is 0 Å². The van der Waals surface area contributed by atoms with Gasteiger partial charge in [-0.05, 0) is 24.5 Å². The van der Waals surface area contributed by atoms with Gasteiger partial charge in [-0.2, -0.15) is 4.98 Å². The summed E-state index contributed by atoms with van der Waals surface area (Å²) in [5, 5.41) is 0. The van der Waals surface area contributed by atoms with Crippen molar-refractivity contribution in [3.63, 3.8) is 0 Å². The number of nitrogens with zero attached hydrogens (tertiary/aromatic N) is 2. The van der Waals surface area contributed by atoms with Gasteiger partial charge in [0.15, 0.2) is 0 Å². The lowest BCUT2D eigenvalue weighted by atomic mass is 10.1. The van der Waals surface area contributed by atoms with E-state index < -0.39 is 0 Å². The first-order valence-electron chi connectivity index (χ1n) is 5.60. The highest BCUT2D eigenvalue weighted by Gasteiger charge is 1.98. The molecule has 0 aliphatic heterocycles. The van der Waals surface area contributed by atoms with E-state index in [1.807, 2.05) is 18.2 Å². The summed E-state index contributed by atoms with van der Waals surface area (Å²) in [4.78, 5) is 7.93. The average Bonchev–Trinajstić information content (AvgIpc) is 2.36. The number of nitrogen functional groups attached to an aromatic ring is 1. The Balaban J connectivity index is 1.73. The lowest BCUT2D eigenvalue weighted by Crippen LogP contribution is -2.03. The molecule has 2 rings (SSSR count). The van der Waals surface area contributed by atoms with Gasteiger partial charge in [0.1, 0.15) is 5.82 Å². The van der Waals surface area contributed by atoms with Crippen molar-refractivity contribution in [1.29, 1.82) is 0 Å². The zero-order valence-electron chi connectivity index (χ0n) is 9.54. The number of nitrogens with two attached hydrogens (primary N) is 1. The van der Waals surface area contributed by atoms with Gasteiger partial charge in [-0.3, -0.25) is 0 Å². The van der Waals surface area contributed by atoms with Crippen molar-refractivity contribution in [3.8, 4) is 6.01 Å². The fraction of sp³-hybridized carbons (Fsp3) is 0.231. The molecule has 0 aliphatic rings. The Morgan fingerprint density at radius 3 is 2.71 bits per heavy atom. The lowest BCUT2D eigenvalue weighted by molar-refractivity contribution is 0.287. The van der Waals surface area contributed by atoms with Gasteiger partial charge in [0.25, 0.3) is 0 Å². The second-order valence-corrected chi connectivity index (χ2v) is 3.70. The third-order valence-corrected chi connectivity index (χ3v) is 2.34. The summed E-state index contributed by atoms with van der Waals surface area (Å²) in [7, 11) is 0. The minimum atomic E-state index is 0.345. The van der Waals surface area contributed by atoms with Crippen molar-refractivity contribution < 1.29 is 4.74 Å². The van der Waals surface area contributed by atoms with Crippen LogP contribution in [0, 0.1) is 0 Å². The van der Waals surface area contributed by atoms with Crippen LogP contribution in [0.2, 0.25) is 0 Å². The van der Waals surface area contributed by atoms with Crippen molar-refractivity contribution in [3.05, 3.63) is 48.2 Å². The third kappa shape index (κ3) is 3.75. The van der Waals surface area contributed by atoms with Crippen LogP contribution in [-0.2, 0) is 6.42 Å². The third-order valence-electron chi connectivity index (χ3n) is 2.34. The summed E-state index contributed by atoms with van der Waals surface area (Å²) in [6.45, 7) is 0.596. The number of benzene rings is 1. The summed E-state index contributed by atoms with van der Waals surface area (Å²) in [5.74, 6) is 0.429. The molecule has 0 radical (unpaired) electrons. The molecule has 0 amide bonds. The second kappa shape index (κ2) is 5.84. The fourth-order valence-electron chi connectivity index (χ4n) is 1.51. The molecular weight excluding hydrogens is 214 g/mol. The topological polar surface area (TPSA) is 61.0 Å². The Morgan fingerprint density at radius 2 is 1.94 bits per heavy atom. The number of anilines is 1. The van der Waals surface area contributed by atoms with Gasteiger partial charge in [-0.1, -0.05) is 30.3 Å². The van der Waals surface area contributed by atoms with Crippen molar-refractivity contribution in [1.82, 2.24) is 9.97 Å². The number of hydrogen-bond donors (Lipinski definition) is 1. The second-order valence-electron chi connectivity index (χ2n) is 3.70. The Morgan fingerprint density at radius 1 is 1.12 bits per heavy atom. The smallest absolute Gasteiger partial charge is 0.318 e. The van der Waals surface area contributed by atoms with E-state index in [4.69, 9.17) is 10.5 Å². The zero-order chi connectivity index (χ0) is 11.9. The number of rotatable bonds is 5. The predicted octanol–water partition coefficient (Wildman–Crippen LogP) is 2.07. The molecule has 0 bridgehead atoms. The van der Waals surface area contributed by atoms with Crippen LogP contribution in [0.1, 0.15) is 12.0 Å². The number of hydrogen-bond acceptors (Lipinski definition) is 4. The molecule has 4 nitrogen and oxygen atoms in total. The summed E-state index contributed by atoms with van der Waals surface area (Å²) in [6.07, 6.45) is 3.51. The summed E-state index contributed by atoms with van der Waals surface area (Å²) in [6, 6.07) is 12.3. The SMILES string of the molecule is Nc1ccnc(OCCCc2ccccc2)n1. The van der Waals surface area contributed by atoms with Crippen LogP contribution in [0.3, 0.4) is 0 Å². The van der Waals surface area contributed by atoms with Gasteiger partial charge in [0.2, 0.25) is 0 Å². The van der Waals surface area contributed by atoms with E-state index in [-0.39, 0.29) is 0 Å². The van der Waals surface area contributed by atoms with E-state index in [2.05, 4.69) is 22.1 Å². The van der Waals surface area contributed by atoms with E-state index in [1.165, 1.54) is 5.56 Å². The van der Waals surface area contributed by atoms with Crippen LogP contribution < -0.4 is 10.5 Å². The van der Waals surface area contributed by atoms with Crippen LogP contribution in [0.25, 0.3) is 0 Å². The van der Waals surface area contributed by atoms with Gasteiger partial charge >= 0.3 is 6.01 Å². The molecule has 1 aromatic carbocycles. The summed E-state index contributed by atoms with van der Waals surface area (Å²) in [5.41, 5.74) is 6.83. The number of ether oxygens (including phenoxy) is 1. The fourth-order valence-corrected chi connectivity index (χ4v) is 1.51. The maximum Gasteiger partial charge on any atom is 0.318 e. The van der Waals surface area contributed by atoms with Gasteiger partial charge in [-0.25, -0.2) is 4.98 Å². The zero-order valence-corrected chi connectivity index (χ0v) is 9.54. The Kier molecular flexibility index (Phi) is 3.91. The van der Waals surface area contributed by atoms with E-state index in [0.29, 0.717) is 18.4 Å². The summed E-state index contributed by atoms with van der Waals surface area (Å²) >= 11 is 0.